The monoisotopic (exact) mass is 431 g/mol. The summed E-state index contributed by atoms with van der Waals surface area (Å²) in [6.07, 6.45) is -1.12. The van der Waals surface area contributed by atoms with Crippen LogP contribution in [0.25, 0.3) is 10.9 Å². The molecule has 0 aliphatic carbocycles. The first-order chi connectivity index (χ1) is 13.2. The van der Waals surface area contributed by atoms with Crippen LogP contribution in [-0.2, 0) is 14.8 Å². The van der Waals surface area contributed by atoms with Gasteiger partial charge >= 0.3 is 6.09 Å². The first-order valence-electron chi connectivity index (χ1n) is 7.69. The van der Waals surface area contributed by atoms with E-state index in [-0.39, 0.29) is 25.3 Å². The molecule has 28 heavy (non-hydrogen) atoms. The molecule has 0 radical (unpaired) electrons. The van der Waals surface area contributed by atoms with Crippen molar-refractivity contribution in [1.29, 1.82) is 0 Å². The molecule has 152 valence electrons. The first kappa shape index (κ1) is 19.6. The number of H-pyrrole nitrogens is 1. The van der Waals surface area contributed by atoms with E-state index < -0.39 is 27.8 Å². The lowest BCUT2D eigenvalue weighted by Crippen LogP contribution is -2.30. The van der Waals surface area contributed by atoms with Gasteiger partial charge in [-0.25, -0.2) is 22.3 Å². The predicted molar refractivity (Wildman–Crippen MR) is 107 cm³/mol. The van der Waals surface area contributed by atoms with Crippen molar-refractivity contribution in [3.8, 4) is 0 Å². The molecule has 0 unspecified atom stereocenters. The number of hydrogen-bond acceptors (Lipinski definition) is 5. The number of nitrogens with one attached hydrogen (secondary N) is 3. The number of methoxy groups -OCH3 is 1. The highest BCUT2D eigenvalue weighted by Gasteiger charge is 2.18. The third kappa shape index (κ3) is 4.07. The van der Waals surface area contributed by atoms with E-state index in [4.69, 9.17) is 11.6 Å². The van der Waals surface area contributed by atoms with E-state index in [1.807, 2.05) is 0 Å². The van der Waals surface area contributed by atoms with Gasteiger partial charge in [0.1, 0.15) is 11.5 Å². The Morgan fingerprint density at radius 1 is 1.18 bits per heavy atom. The van der Waals surface area contributed by atoms with E-state index in [9.17, 15) is 22.4 Å². The fourth-order valence-electron chi connectivity index (χ4n) is 2.41. The topological polar surface area (TPSA) is 117 Å². The van der Waals surface area contributed by atoms with Crippen LogP contribution < -0.4 is 10.0 Å². The number of ether oxygens (including phenoxy) is 1. The summed E-state index contributed by atoms with van der Waals surface area (Å²) < 4.78 is 43.8. The van der Waals surface area contributed by atoms with Crippen molar-refractivity contribution in [2.45, 2.75) is 4.90 Å². The molecule has 0 atom stereocenters. The zero-order chi connectivity index (χ0) is 20.5. The maximum Gasteiger partial charge on any atom is 0.420 e. The van der Waals surface area contributed by atoms with Gasteiger partial charge in [0.05, 0.1) is 17.5 Å². The van der Waals surface area contributed by atoms with E-state index in [1.165, 1.54) is 36.4 Å². The second kappa shape index (κ2) is 7.49. The van der Waals surface area contributed by atoms with Gasteiger partial charge in [-0.2, -0.15) is 0 Å². The lowest BCUT2D eigenvalue weighted by Gasteiger charge is -2.07. The number of carbonyl (C=O) groups excluding carboxylic acids is 2. The molecule has 0 saturated heterocycles. The number of benzene rings is 2. The minimum atomic E-state index is -4.09. The number of aromatic amines is 1. The Morgan fingerprint density at radius 3 is 2.50 bits per heavy atom. The second-order valence-electron chi connectivity index (χ2n) is 5.61. The third-order valence-corrected chi connectivity index (χ3v) is 5.27. The Balaban J connectivity index is 0.00000300. The molecule has 3 rings (SSSR count). The van der Waals surface area contributed by atoms with Crippen LogP contribution in [0.2, 0.25) is 5.02 Å². The van der Waals surface area contributed by atoms with Crippen LogP contribution in [0, 0.1) is 5.82 Å². The van der Waals surface area contributed by atoms with Crippen molar-refractivity contribution in [2.75, 3.05) is 12.4 Å². The molecule has 0 saturated carbocycles. The normalized spacial score (nSPS) is 11.2. The van der Waals surface area contributed by atoms with Crippen LogP contribution in [0.15, 0.2) is 47.4 Å². The number of anilines is 1. The SMILES string of the molecule is COC(=O)NS(=O)(=O)c1ccc(NC(=O)c2cc3c(F)cc(Cl)cc3[nH]2)cc1.[HH].[HH].[HH]. The number of carbonyl (C=O) groups is 2. The van der Waals surface area contributed by atoms with Crippen molar-refractivity contribution in [1.82, 2.24) is 9.71 Å². The Kier molecular flexibility index (Phi) is 5.25. The van der Waals surface area contributed by atoms with Crippen LogP contribution >= 0.6 is 11.6 Å². The molecule has 0 aliphatic rings. The molecule has 8 nitrogen and oxygen atoms in total. The molecule has 0 spiro atoms. The van der Waals surface area contributed by atoms with Crippen molar-refractivity contribution < 1.29 is 31.4 Å². The van der Waals surface area contributed by atoms with Gasteiger partial charge in [0.2, 0.25) is 0 Å². The highest BCUT2D eigenvalue weighted by atomic mass is 35.5. The van der Waals surface area contributed by atoms with Crippen molar-refractivity contribution in [3.63, 3.8) is 0 Å². The fourth-order valence-corrected chi connectivity index (χ4v) is 3.53. The third-order valence-electron chi connectivity index (χ3n) is 3.72. The highest BCUT2D eigenvalue weighted by molar-refractivity contribution is 7.90. The van der Waals surface area contributed by atoms with Crippen LogP contribution in [0.5, 0.6) is 0 Å². The van der Waals surface area contributed by atoms with Gasteiger partial charge in [-0.3, -0.25) is 4.79 Å². The molecular formula is C17H19ClFN3O5S. The van der Waals surface area contributed by atoms with Gasteiger partial charge in [0, 0.05) is 20.4 Å². The average Bonchev–Trinajstić information content (AvgIpc) is 3.06. The quantitative estimate of drug-likeness (QED) is 0.577. The summed E-state index contributed by atoms with van der Waals surface area (Å²) in [4.78, 5) is 26.0. The van der Waals surface area contributed by atoms with Crippen LogP contribution in [0.4, 0.5) is 14.9 Å². The summed E-state index contributed by atoms with van der Waals surface area (Å²) in [6, 6.07) is 9.05. The molecule has 3 aromatic rings. The van der Waals surface area contributed by atoms with Crippen molar-refractivity contribution >= 4 is 50.2 Å². The minimum absolute atomic E-state index is 0. The number of sulfonamides is 1. The van der Waals surface area contributed by atoms with Gasteiger partial charge in [0.25, 0.3) is 15.9 Å². The minimum Gasteiger partial charge on any atom is -0.452 e. The molecule has 2 aromatic carbocycles. The zero-order valence-corrected chi connectivity index (χ0v) is 15.8. The molecule has 0 aliphatic heterocycles. The molecule has 2 amide bonds. The van der Waals surface area contributed by atoms with Crippen molar-refractivity contribution in [2.24, 2.45) is 0 Å². The van der Waals surface area contributed by atoms with Crippen LogP contribution in [0.3, 0.4) is 0 Å². The van der Waals surface area contributed by atoms with E-state index in [0.29, 0.717) is 11.2 Å². The lowest BCUT2D eigenvalue weighted by molar-refractivity contribution is 0.102. The second-order valence-corrected chi connectivity index (χ2v) is 7.73. The number of amides is 2. The summed E-state index contributed by atoms with van der Waals surface area (Å²) in [5.41, 5.74) is 0.755. The van der Waals surface area contributed by atoms with Gasteiger partial charge in [0.15, 0.2) is 0 Å². The molecule has 1 aromatic heterocycles. The Hall–Kier alpha value is -3.11. The molecule has 0 bridgehead atoms. The zero-order valence-electron chi connectivity index (χ0n) is 14.2. The molecule has 1 heterocycles. The van der Waals surface area contributed by atoms with E-state index in [1.54, 1.807) is 4.72 Å². The number of rotatable bonds is 4. The largest absolute Gasteiger partial charge is 0.452 e. The molecule has 3 N–H and O–H groups in total. The van der Waals surface area contributed by atoms with Crippen LogP contribution in [0.1, 0.15) is 14.8 Å². The number of aromatic nitrogens is 1. The molecular weight excluding hydrogens is 413 g/mol. The molecule has 11 heteroatoms. The molecule has 0 fully saturated rings. The number of fused-ring (bicyclic) bond motifs is 1. The lowest BCUT2D eigenvalue weighted by atomic mass is 10.2. The summed E-state index contributed by atoms with van der Waals surface area (Å²) in [5, 5.41) is 2.96. The smallest absolute Gasteiger partial charge is 0.420 e. The maximum atomic E-state index is 13.9. The number of hydrogen-bond donors (Lipinski definition) is 3. The Bertz CT molecular complexity index is 1190. The summed E-state index contributed by atoms with van der Waals surface area (Å²) >= 11 is 5.79. The van der Waals surface area contributed by atoms with E-state index in [0.717, 1.165) is 13.2 Å². The summed E-state index contributed by atoms with van der Waals surface area (Å²) in [6.45, 7) is 0. The highest BCUT2D eigenvalue weighted by Crippen LogP contribution is 2.24. The fraction of sp³-hybridized carbons (Fsp3) is 0.0588. The average molecular weight is 432 g/mol. The van der Waals surface area contributed by atoms with E-state index >= 15 is 0 Å². The van der Waals surface area contributed by atoms with Gasteiger partial charge < -0.3 is 15.0 Å². The van der Waals surface area contributed by atoms with Gasteiger partial charge in [-0.15, -0.1) is 0 Å². The van der Waals surface area contributed by atoms with Crippen molar-refractivity contribution in [3.05, 3.63) is 59.0 Å². The standard InChI is InChI=1S/C17H13ClFN3O5S.3H2/c1-27-17(24)22-28(25,26)11-4-2-10(3-5-11)20-16(23)15-8-12-13(19)6-9(18)7-14(12)21-15;;;/h2-8,21H,1H3,(H,20,23)(H,22,24);3*1H. The van der Waals surface area contributed by atoms with Gasteiger partial charge in [-0.05, 0) is 42.5 Å². The maximum absolute atomic E-state index is 13.9. The first-order valence-corrected chi connectivity index (χ1v) is 9.55. The summed E-state index contributed by atoms with van der Waals surface area (Å²) in [5.74, 6) is -1.12. The predicted octanol–water partition coefficient (Wildman–Crippen LogP) is 4.00. The Morgan fingerprint density at radius 2 is 1.86 bits per heavy atom. The van der Waals surface area contributed by atoms with Gasteiger partial charge in [-0.1, -0.05) is 11.6 Å². The Labute approximate surface area is 168 Å². The van der Waals surface area contributed by atoms with Crippen LogP contribution in [-0.4, -0.2) is 32.5 Å². The summed E-state index contributed by atoms with van der Waals surface area (Å²) in [7, 11) is -3.06. The number of halogens is 2. The van der Waals surface area contributed by atoms with E-state index in [2.05, 4.69) is 15.0 Å².